The molecule has 0 unspecified atom stereocenters. The van der Waals surface area contributed by atoms with E-state index < -0.39 is 20.8 Å². The van der Waals surface area contributed by atoms with Gasteiger partial charge in [-0.25, -0.2) is 0 Å². The van der Waals surface area contributed by atoms with Crippen molar-refractivity contribution in [2.24, 2.45) is 0 Å². The van der Waals surface area contributed by atoms with Crippen molar-refractivity contribution in [3.8, 4) is 5.75 Å². The molecule has 0 aliphatic rings. The summed E-state index contributed by atoms with van der Waals surface area (Å²) in [7, 11) is -3.26. The molecule has 0 aromatic heterocycles. The minimum atomic E-state index is -4.52. The summed E-state index contributed by atoms with van der Waals surface area (Å²) in [5.41, 5.74) is 0.786. The van der Waals surface area contributed by atoms with Crippen molar-refractivity contribution in [3.63, 3.8) is 0 Å². The molecule has 0 saturated carbocycles. The molecule has 22 heavy (non-hydrogen) atoms. The molecule has 0 atom stereocenters. The number of benzene rings is 2. The van der Waals surface area contributed by atoms with Gasteiger partial charge in [0.1, 0.15) is 16.9 Å². The number of hydrogen-bond donors (Lipinski definition) is 1. The van der Waals surface area contributed by atoms with E-state index in [1.165, 1.54) is 43.5 Å². The first kappa shape index (κ1) is 15.9. The van der Waals surface area contributed by atoms with E-state index in [2.05, 4.69) is 0 Å². The smallest absolute Gasteiger partial charge is 0.298 e. The normalized spacial score (nSPS) is 11.0. The Morgan fingerprint density at radius 2 is 1.68 bits per heavy atom. The topological polar surface area (TPSA) is 97.7 Å². The molecule has 0 amide bonds. The van der Waals surface area contributed by atoms with E-state index in [0.29, 0.717) is 11.8 Å². The lowest BCUT2D eigenvalue weighted by Crippen LogP contribution is -2.06. The Bertz CT molecular complexity index is 822. The number of aldehydes is 1. The van der Waals surface area contributed by atoms with Crippen LogP contribution >= 0.6 is 0 Å². The summed E-state index contributed by atoms with van der Waals surface area (Å²) in [4.78, 5) is 22.4. The highest BCUT2D eigenvalue weighted by molar-refractivity contribution is 7.86. The van der Waals surface area contributed by atoms with Crippen molar-refractivity contribution in [3.05, 3.63) is 59.2 Å². The third-order valence-electron chi connectivity index (χ3n) is 3.01. The lowest BCUT2D eigenvalue weighted by Gasteiger charge is -2.08. The highest BCUT2D eigenvalue weighted by Crippen LogP contribution is 2.25. The van der Waals surface area contributed by atoms with Gasteiger partial charge in [0.05, 0.1) is 7.11 Å². The number of methoxy groups -OCH3 is 1. The van der Waals surface area contributed by atoms with Crippen LogP contribution in [0.5, 0.6) is 5.75 Å². The molecular formula is C15H12O6S. The van der Waals surface area contributed by atoms with E-state index in [-0.39, 0.29) is 16.9 Å². The average molecular weight is 320 g/mol. The van der Waals surface area contributed by atoms with Gasteiger partial charge >= 0.3 is 0 Å². The van der Waals surface area contributed by atoms with Crippen molar-refractivity contribution in [1.82, 2.24) is 0 Å². The molecule has 0 aliphatic carbocycles. The van der Waals surface area contributed by atoms with E-state index in [1.54, 1.807) is 0 Å². The van der Waals surface area contributed by atoms with E-state index in [9.17, 15) is 22.6 Å². The third-order valence-corrected chi connectivity index (χ3v) is 3.89. The zero-order valence-corrected chi connectivity index (χ0v) is 12.3. The number of ether oxygens (including phenoxy) is 1. The first-order chi connectivity index (χ1) is 10.4. The Balaban J connectivity index is 2.47. The average Bonchev–Trinajstić information content (AvgIpc) is 2.52. The van der Waals surface area contributed by atoms with Crippen LogP contribution < -0.4 is 4.74 Å². The molecule has 0 radical (unpaired) electrons. The van der Waals surface area contributed by atoms with Crippen LogP contribution in [0.3, 0.4) is 0 Å². The monoisotopic (exact) mass is 320 g/mol. The highest BCUT2D eigenvalue weighted by Gasteiger charge is 2.19. The van der Waals surface area contributed by atoms with Crippen molar-refractivity contribution in [1.29, 1.82) is 0 Å². The Hall–Kier alpha value is -2.51. The van der Waals surface area contributed by atoms with Crippen LogP contribution in [-0.2, 0) is 10.1 Å². The summed E-state index contributed by atoms with van der Waals surface area (Å²) >= 11 is 0. The van der Waals surface area contributed by atoms with Crippen LogP contribution in [0.1, 0.15) is 26.3 Å². The second-order valence-corrected chi connectivity index (χ2v) is 5.80. The molecule has 0 saturated heterocycles. The van der Waals surface area contributed by atoms with Gasteiger partial charge in [0.15, 0.2) is 5.78 Å². The summed E-state index contributed by atoms with van der Waals surface area (Å²) in [5, 5.41) is 0. The lowest BCUT2D eigenvalue weighted by molar-refractivity contribution is 0.103. The molecule has 2 aromatic carbocycles. The molecule has 0 fully saturated rings. The summed E-state index contributed by atoms with van der Waals surface area (Å²) in [6.07, 6.45) is 0.651. The SMILES string of the molecule is COc1ccc(C(=O)c2ccc(C=O)cc2)cc1S(=O)(=O)O. The Labute approximate surface area is 127 Å². The fourth-order valence-corrected chi connectivity index (χ4v) is 2.58. The van der Waals surface area contributed by atoms with Crippen LogP contribution in [0, 0.1) is 0 Å². The summed E-state index contributed by atoms with van der Waals surface area (Å²) in [5.74, 6) is -0.500. The van der Waals surface area contributed by atoms with Crippen molar-refractivity contribution in [2.45, 2.75) is 4.90 Å². The van der Waals surface area contributed by atoms with E-state index in [1.807, 2.05) is 0 Å². The Morgan fingerprint density at radius 1 is 1.09 bits per heavy atom. The van der Waals surface area contributed by atoms with Crippen LogP contribution in [-0.4, -0.2) is 32.1 Å². The molecule has 7 heteroatoms. The van der Waals surface area contributed by atoms with E-state index >= 15 is 0 Å². The van der Waals surface area contributed by atoms with Crippen LogP contribution in [0.2, 0.25) is 0 Å². The molecule has 1 N–H and O–H groups in total. The highest BCUT2D eigenvalue weighted by atomic mass is 32.2. The van der Waals surface area contributed by atoms with Gasteiger partial charge in [-0.1, -0.05) is 24.3 Å². The third kappa shape index (κ3) is 3.21. The summed E-state index contributed by atoms with van der Waals surface area (Å²) in [6, 6.07) is 9.61. The van der Waals surface area contributed by atoms with Gasteiger partial charge in [-0.05, 0) is 18.2 Å². The predicted molar refractivity (Wildman–Crippen MR) is 78.1 cm³/mol. The zero-order chi connectivity index (χ0) is 16.3. The minimum absolute atomic E-state index is 0.0599. The number of ketones is 1. The van der Waals surface area contributed by atoms with Crippen molar-refractivity contribution in [2.75, 3.05) is 7.11 Å². The fraction of sp³-hybridized carbons (Fsp3) is 0.0667. The summed E-state index contributed by atoms with van der Waals surface area (Å²) in [6.45, 7) is 0. The molecular weight excluding hydrogens is 308 g/mol. The van der Waals surface area contributed by atoms with Gasteiger partial charge < -0.3 is 4.74 Å². The van der Waals surface area contributed by atoms with Crippen LogP contribution in [0.4, 0.5) is 0 Å². The standard InChI is InChI=1S/C15H12O6S/c1-21-13-7-6-12(8-14(13)22(18,19)20)15(17)11-4-2-10(9-16)3-5-11/h2-9H,1H3,(H,18,19,20). The molecule has 0 heterocycles. The second-order valence-electron chi connectivity index (χ2n) is 4.41. The fourth-order valence-electron chi connectivity index (χ4n) is 1.90. The van der Waals surface area contributed by atoms with Gasteiger partial charge in [0, 0.05) is 16.7 Å². The van der Waals surface area contributed by atoms with Gasteiger partial charge in [0.25, 0.3) is 10.1 Å². The van der Waals surface area contributed by atoms with Crippen molar-refractivity contribution < 1.29 is 27.3 Å². The first-order valence-corrected chi connectivity index (χ1v) is 7.56. The lowest BCUT2D eigenvalue weighted by atomic mass is 10.0. The quantitative estimate of drug-likeness (QED) is 0.514. The molecule has 114 valence electrons. The number of carbonyl (C=O) groups excluding carboxylic acids is 2. The van der Waals surface area contributed by atoms with Crippen LogP contribution in [0.25, 0.3) is 0 Å². The number of carbonyl (C=O) groups is 2. The Kier molecular flexibility index (Phi) is 4.39. The van der Waals surface area contributed by atoms with Gasteiger partial charge in [-0.2, -0.15) is 8.42 Å². The van der Waals surface area contributed by atoms with E-state index in [0.717, 1.165) is 6.07 Å². The molecule has 0 aliphatic heterocycles. The minimum Gasteiger partial charge on any atom is -0.495 e. The van der Waals surface area contributed by atoms with Gasteiger partial charge in [-0.3, -0.25) is 14.1 Å². The maximum absolute atomic E-state index is 12.3. The molecule has 2 aromatic rings. The van der Waals surface area contributed by atoms with Gasteiger partial charge in [0.2, 0.25) is 0 Å². The zero-order valence-electron chi connectivity index (χ0n) is 11.5. The molecule has 0 bridgehead atoms. The van der Waals surface area contributed by atoms with E-state index in [4.69, 9.17) is 4.74 Å². The first-order valence-electron chi connectivity index (χ1n) is 6.12. The van der Waals surface area contributed by atoms with Crippen LogP contribution in [0.15, 0.2) is 47.4 Å². The maximum Gasteiger partial charge on any atom is 0.298 e. The maximum atomic E-state index is 12.3. The second kappa shape index (κ2) is 6.08. The largest absolute Gasteiger partial charge is 0.495 e. The van der Waals surface area contributed by atoms with Gasteiger partial charge in [-0.15, -0.1) is 0 Å². The molecule has 6 nitrogen and oxygen atoms in total. The predicted octanol–water partition coefficient (Wildman–Crippen LogP) is 1.99. The Morgan fingerprint density at radius 3 is 2.18 bits per heavy atom. The molecule has 2 rings (SSSR count). The number of hydrogen-bond acceptors (Lipinski definition) is 5. The number of rotatable bonds is 5. The van der Waals surface area contributed by atoms with Crippen molar-refractivity contribution >= 4 is 22.2 Å². The molecule has 0 spiro atoms. The summed E-state index contributed by atoms with van der Waals surface area (Å²) < 4.78 is 36.7.